The van der Waals surface area contributed by atoms with Gasteiger partial charge in [-0.25, -0.2) is 0 Å². The van der Waals surface area contributed by atoms with Crippen LogP contribution in [0, 0.1) is 6.92 Å². The van der Waals surface area contributed by atoms with Crippen molar-refractivity contribution in [2.45, 2.75) is 26.4 Å². The second kappa shape index (κ2) is 8.72. The van der Waals surface area contributed by atoms with E-state index in [1.54, 1.807) is 19.1 Å². The molecule has 0 radical (unpaired) electrons. The Labute approximate surface area is 156 Å². The van der Waals surface area contributed by atoms with Gasteiger partial charge in [-0.2, -0.15) is 0 Å². The quantitative estimate of drug-likeness (QED) is 0.825. The number of nitrogens with zero attached hydrogens (tertiary/aromatic N) is 1. The summed E-state index contributed by atoms with van der Waals surface area (Å²) in [6.45, 7) is 4.74. The van der Waals surface area contributed by atoms with Crippen molar-refractivity contribution in [2.75, 3.05) is 33.2 Å². The standard InChI is InChI=1S/C21H28N2O3/c1-15-12-19(25-5)20(26-6)13-17(15)14-22(3)16(2)21(24)23(4)18-10-8-7-9-11-18/h7-13,16H,14H2,1-6H3/p+1/t16-/m1/s1. The summed E-state index contributed by atoms with van der Waals surface area (Å²) in [6, 6.07) is 13.5. The zero-order chi connectivity index (χ0) is 19.3. The van der Waals surface area contributed by atoms with E-state index in [1.165, 1.54) is 0 Å². The number of hydrogen-bond acceptors (Lipinski definition) is 3. The molecule has 0 bridgehead atoms. The van der Waals surface area contributed by atoms with Crippen molar-refractivity contribution in [1.29, 1.82) is 0 Å². The van der Waals surface area contributed by atoms with Gasteiger partial charge in [0.15, 0.2) is 17.5 Å². The van der Waals surface area contributed by atoms with Gasteiger partial charge in [0, 0.05) is 18.3 Å². The lowest BCUT2D eigenvalue weighted by atomic mass is 10.1. The van der Waals surface area contributed by atoms with E-state index in [0.29, 0.717) is 5.75 Å². The molecular formula is C21H29N2O3+. The summed E-state index contributed by atoms with van der Waals surface area (Å²) in [7, 11) is 7.13. The molecule has 140 valence electrons. The predicted octanol–water partition coefficient (Wildman–Crippen LogP) is 2.08. The summed E-state index contributed by atoms with van der Waals surface area (Å²) in [5, 5.41) is 0. The van der Waals surface area contributed by atoms with Crippen molar-refractivity contribution in [3.05, 3.63) is 53.6 Å². The molecule has 0 saturated heterocycles. The Morgan fingerprint density at radius 3 is 2.27 bits per heavy atom. The van der Waals surface area contributed by atoms with Crippen molar-refractivity contribution in [1.82, 2.24) is 0 Å². The number of carbonyl (C=O) groups is 1. The molecule has 1 amide bonds. The topological polar surface area (TPSA) is 43.2 Å². The third kappa shape index (κ3) is 4.35. The van der Waals surface area contributed by atoms with Crippen LogP contribution in [-0.4, -0.2) is 40.3 Å². The van der Waals surface area contributed by atoms with Crippen LogP contribution in [-0.2, 0) is 11.3 Å². The molecule has 2 aromatic rings. The first-order chi connectivity index (χ1) is 12.4. The van der Waals surface area contributed by atoms with Crippen LogP contribution in [0.4, 0.5) is 5.69 Å². The largest absolute Gasteiger partial charge is 0.493 e. The summed E-state index contributed by atoms with van der Waals surface area (Å²) in [6.07, 6.45) is 0. The van der Waals surface area contributed by atoms with Crippen molar-refractivity contribution >= 4 is 11.6 Å². The van der Waals surface area contributed by atoms with E-state index in [9.17, 15) is 4.79 Å². The van der Waals surface area contributed by atoms with Gasteiger partial charge in [-0.3, -0.25) is 4.79 Å². The number of nitrogens with one attached hydrogen (secondary N) is 1. The first kappa shape index (κ1) is 19.8. The number of aryl methyl sites for hydroxylation is 1. The fourth-order valence-electron chi connectivity index (χ4n) is 2.95. The molecule has 0 aliphatic carbocycles. The smallest absolute Gasteiger partial charge is 0.284 e. The number of rotatable bonds is 7. The molecule has 0 aliphatic rings. The number of hydrogen-bond donors (Lipinski definition) is 1. The summed E-state index contributed by atoms with van der Waals surface area (Å²) < 4.78 is 10.8. The van der Waals surface area contributed by atoms with Gasteiger partial charge in [-0.05, 0) is 43.7 Å². The average Bonchev–Trinajstić information content (AvgIpc) is 2.67. The monoisotopic (exact) mass is 357 g/mol. The lowest BCUT2D eigenvalue weighted by molar-refractivity contribution is -0.908. The molecule has 5 heteroatoms. The lowest BCUT2D eigenvalue weighted by Crippen LogP contribution is -3.12. The van der Waals surface area contributed by atoms with Crippen LogP contribution in [0.3, 0.4) is 0 Å². The first-order valence-corrected chi connectivity index (χ1v) is 8.75. The second-order valence-electron chi connectivity index (χ2n) is 6.61. The predicted molar refractivity (Wildman–Crippen MR) is 104 cm³/mol. The molecule has 2 atom stereocenters. The maximum atomic E-state index is 12.8. The Kier molecular flexibility index (Phi) is 6.64. The molecule has 0 saturated carbocycles. The Balaban J connectivity index is 2.14. The molecule has 2 aromatic carbocycles. The van der Waals surface area contributed by atoms with Crippen LogP contribution in [0.2, 0.25) is 0 Å². The van der Waals surface area contributed by atoms with Crippen molar-refractivity contribution in [2.24, 2.45) is 0 Å². The summed E-state index contributed by atoms with van der Waals surface area (Å²) in [5.74, 6) is 1.52. The molecule has 1 N–H and O–H groups in total. The highest BCUT2D eigenvalue weighted by molar-refractivity contribution is 5.95. The minimum atomic E-state index is -0.173. The molecule has 2 rings (SSSR count). The SMILES string of the molecule is COc1cc(C)c(C[NH+](C)[C@H](C)C(=O)N(C)c2ccccc2)cc1OC. The number of anilines is 1. The van der Waals surface area contributed by atoms with Gasteiger partial charge in [0.25, 0.3) is 5.91 Å². The van der Waals surface area contributed by atoms with Crippen LogP contribution in [0.25, 0.3) is 0 Å². The summed E-state index contributed by atoms with van der Waals surface area (Å²) >= 11 is 0. The van der Waals surface area contributed by atoms with E-state index < -0.39 is 0 Å². The van der Waals surface area contributed by atoms with E-state index in [2.05, 4.69) is 0 Å². The highest BCUT2D eigenvalue weighted by Crippen LogP contribution is 2.29. The van der Waals surface area contributed by atoms with Gasteiger partial charge >= 0.3 is 0 Å². The minimum Gasteiger partial charge on any atom is -0.493 e. The number of carbonyl (C=O) groups excluding carboxylic acids is 1. The molecule has 1 unspecified atom stereocenters. The molecule has 0 fully saturated rings. The van der Waals surface area contributed by atoms with Crippen LogP contribution >= 0.6 is 0 Å². The van der Waals surface area contributed by atoms with E-state index in [-0.39, 0.29) is 11.9 Å². The van der Waals surface area contributed by atoms with Gasteiger partial charge < -0.3 is 19.3 Å². The molecule has 0 aromatic heterocycles. The number of amides is 1. The molecule has 0 spiro atoms. The van der Waals surface area contributed by atoms with Gasteiger partial charge in [-0.1, -0.05) is 18.2 Å². The Morgan fingerprint density at radius 2 is 1.69 bits per heavy atom. The van der Waals surface area contributed by atoms with Gasteiger partial charge in [0.1, 0.15) is 6.54 Å². The fraction of sp³-hybridized carbons (Fsp3) is 0.381. The number of likely N-dealkylation sites (N-methyl/N-ethyl adjacent to an activating group) is 2. The van der Waals surface area contributed by atoms with Crippen LogP contribution < -0.4 is 19.3 Å². The van der Waals surface area contributed by atoms with E-state index in [1.807, 2.05) is 70.4 Å². The minimum absolute atomic E-state index is 0.0897. The number of methoxy groups -OCH3 is 2. The molecular weight excluding hydrogens is 328 g/mol. The summed E-state index contributed by atoms with van der Waals surface area (Å²) in [4.78, 5) is 15.7. The van der Waals surface area contributed by atoms with E-state index in [0.717, 1.165) is 34.0 Å². The summed E-state index contributed by atoms with van der Waals surface area (Å²) in [5.41, 5.74) is 3.17. The second-order valence-corrected chi connectivity index (χ2v) is 6.61. The van der Waals surface area contributed by atoms with Gasteiger partial charge in [-0.15, -0.1) is 0 Å². The van der Waals surface area contributed by atoms with E-state index >= 15 is 0 Å². The van der Waals surface area contributed by atoms with E-state index in [4.69, 9.17) is 9.47 Å². The van der Waals surface area contributed by atoms with Gasteiger partial charge in [0.05, 0.1) is 21.3 Å². The lowest BCUT2D eigenvalue weighted by Gasteiger charge is -2.26. The zero-order valence-electron chi connectivity index (χ0n) is 16.5. The third-order valence-corrected chi connectivity index (χ3v) is 4.90. The van der Waals surface area contributed by atoms with Crippen molar-refractivity contribution in [3.8, 4) is 11.5 Å². The normalized spacial score (nSPS) is 13.0. The molecule has 0 heterocycles. The molecule has 5 nitrogen and oxygen atoms in total. The molecule has 26 heavy (non-hydrogen) atoms. The average molecular weight is 357 g/mol. The first-order valence-electron chi connectivity index (χ1n) is 8.75. The van der Waals surface area contributed by atoms with Gasteiger partial charge in [0.2, 0.25) is 0 Å². The number of benzene rings is 2. The van der Waals surface area contributed by atoms with Crippen molar-refractivity contribution < 1.29 is 19.2 Å². The van der Waals surface area contributed by atoms with Crippen molar-refractivity contribution in [3.63, 3.8) is 0 Å². The zero-order valence-corrected chi connectivity index (χ0v) is 16.5. The Bertz CT molecular complexity index is 746. The van der Waals surface area contributed by atoms with Crippen LogP contribution in [0.1, 0.15) is 18.1 Å². The van der Waals surface area contributed by atoms with Crippen LogP contribution in [0.5, 0.6) is 11.5 Å². The highest BCUT2D eigenvalue weighted by atomic mass is 16.5. The number of quaternary nitrogens is 1. The maximum Gasteiger partial charge on any atom is 0.284 e. The number of ether oxygens (including phenoxy) is 2. The Morgan fingerprint density at radius 1 is 1.12 bits per heavy atom. The third-order valence-electron chi connectivity index (χ3n) is 4.90. The number of para-hydroxylation sites is 1. The molecule has 0 aliphatic heterocycles. The highest BCUT2D eigenvalue weighted by Gasteiger charge is 2.26. The maximum absolute atomic E-state index is 12.8. The fourth-order valence-corrected chi connectivity index (χ4v) is 2.95. The Hall–Kier alpha value is -2.53. The van der Waals surface area contributed by atoms with Crippen LogP contribution in [0.15, 0.2) is 42.5 Å².